The first-order valence-corrected chi connectivity index (χ1v) is 18.6. The molecule has 1 heterocycles. The molecule has 0 aromatic heterocycles. The molecule has 1 aliphatic rings. The van der Waals surface area contributed by atoms with Gasteiger partial charge in [-0.1, -0.05) is 121 Å². The molecule has 1 saturated heterocycles. The summed E-state index contributed by atoms with van der Waals surface area (Å²) in [4.78, 5) is 41.5. The molecule has 1 amide bonds. The molecular weight excluding hydrogens is 604 g/mol. The van der Waals surface area contributed by atoms with Gasteiger partial charge in [0.2, 0.25) is 0 Å². The Morgan fingerprint density at radius 3 is 1.52 bits per heavy atom. The van der Waals surface area contributed by atoms with Gasteiger partial charge in [-0.25, -0.2) is 0 Å². The van der Waals surface area contributed by atoms with Crippen molar-refractivity contribution in [2.75, 3.05) is 12.7 Å². The molecule has 0 aliphatic carbocycles. The highest BCUT2D eigenvalue weighted by Gasteiger charge is 2.41. The third-order valence-corrected chi connectivity index (χ3v) is 14.1. The Morgan fingerprint density at radius 1 is 0.609 bits per heavy atom. The van der Waals surface area contributed by atoms with Crippen molar-refractivity contribution in [3.8, 4) is 0 Å². The number of benzene rings is 5. The van der Waals surface area contributed by atoms with Crippen LogP contribution in [0.5, 0.6) is 0 Å². The number of rotatable bonds is 10. The third kappa shape index (κ3) is 6.95. The summed E-state index contributed by atoms with van der Waals surface area (Å²) in [5.74, 6) is -0.489. The minimum absolute atomic E-state index is 0.00490. The standard InChI is InChI=1S/C40H37NO3P2/c1-29(42)38-24-23-31(25-39(38)30(2)43)40(44)41-27-37(46(35-19-11-5-12-20-35)36-21-13-6-14-22-36)26-32(41)28-45(33-15-7-3-8-16-33)34-17-9-4-10-18-34/h3-25,32,37H,26-28H2,1-2H3. The van der Waals surface area contributed by atoms with Crippen molar-refractivity contribution in [2.24, 2.45) is 0 Å². The first kappa shape index (κ1) is 31.7. The topological polar surface area (TPSA) is 54.5 Å². The van der Waals surface area contributed by atoms with E-state index >= 15 is 0 Å². The molecule has 0 N–H and O–H groups in total. The second-order valence-corrected chi connectivity index (χ2v) is 16.5. The Kier molecular flexibility index (Phi) is 9.98. The number of ketones is 2. The van der Waals surface area contributed by atoms with Gasteiger partial charge < -0.3 is 4.90 Å². The summed E-state index contributed by atoms with van der Waals surface area (Å²) in [7, 11) is -1.49. The maximum Gasteiger partial charge on any atom is 0.254 e. The van der Waals surface area contributed by atoms with Gasteiger partial charge in [-0.15, -0.1) is 0 Å². The van der Waals surface area contributed by atoms with E-state index in [9.17, 15) is 14.4 Å². The fraction of sp³-hybridized carbons (Fsp3) is 0.175. The quantitative estimate of drug-likeness (QED) is 0.123. The number of likely N-dealkylation sites (tertiary alicyclic amines) is 1. The van der Waals surface area contributed by atoms with Crippen molar-refractivity contribution < 1.29 is 14.4 Å². The molecular formula is C40H37NO3P2. The monoisotopic (exact) mass is 641 g/mol. The lowest BCUT2D eigenvalue weighted by molar-refractivity contribution is 0.0749. The molecule has 0 bridgehead atoms. The molecule has 230 valence electrons. The average molecular weight is 642 g/mol. The summed E-state index contributed by atoms with van der Waals surface area (Å²) in [6, 6.07) is 47.7. The number of hydrogen-bond acceptors (Lipinski definition) is 3. The number of hydrogen-bond donors (Lipinski definition) is 0. The van der Waals surface area contributed by atoms with Gasteiger partial charge in [-0.3, -0.25) is 14.4 Å². The molecule has 0 saturated carbocycles. The van der Waals surface area contributed by atoms with Crippen LogP contribution in [0.25, 0.3) is 0 Å². The lowest BCUT2D eigenvalue weighted by Gasteiger charge is -2.29. The summed E-state index contributed by atoms with van der Waals surface area (Å²) in [5, 5.41) is 5.19. The first-order valence-electron chi connectivity index (χ1n) is 15.6. The van der Waals surface area contributed by atoms with E-state index in [1.165, 1.54) is 35.1 Å². The van der Waals surface area contributed by atoms with E-state index < -0.39 is 15.8 Å². The van der Waals surface area contributed by atoms with Gasteiger partial charge in [0.25, 0.3) is 5.91 Å². The van der Waals surface area contributed by atoms with Crippen molar-refractivity contribution in [3.63, 3.8) is 0 Å². The van der Waals surface area contributed by atoms with Crippen molar-refractivity contribution in [1.29, 1.82) is 0 Å². The highest BCUT2D eigenvalue weighted by molar-refractivity contribution is 7.74. The smallest absolute Gasteiger partial charge is 0.254 e. The Morgan fingerprint density at radius 2 is 1.07 bits per heavy atom. The van der Waals surface area contributed by atoms with E-state index in [0.717, 1.165) is 12.6 Å². The molecule has 2 unspecified atom stereocenters. The Bertz CT molecular complexity index is 1730. The van der Waals surface area contributed by atoms with Gasteiger partial charge in [0.15, 0.2) is 11.6 Å². The molecule has 1 fully saturated rings. The van der Waals surface area contributed by atoms with E-state index in [2.05, 4.69) is 114 Å². The van der Waals surface area contributed by atoms with Crippen LogP contribution in [-0.2, 0) is 0 Å². The number of nitrogens with zero attached hydrogens (tertiary/aromatic N) is 1. The Labute approximate surface area is 274 Å². The van der Waals surface area contributed by atoms with Gasteiger partial charge in [0.1, 0.15) is 0 Å². The molecule has 0 spiro atoms. The molecule has 5 aromatic carbocycles. The van der Waals surface area contributed by atoms with Gasteiger partial charge in [0.05, 0.1) is 0 Å². The maximum absolute atomic E-state index is 14.6. The Balaban J connectivity index is 1.42. The van der Waals surface area contributed by atoms with E-state index in [1.54, 1.807) is 18.2 Å². The van der Waals surface area contributed by atoms with Gasteiger partial charge >= 0.3 is 0 Å². The van der Waals surface area contributed by atoms with Crippen LogP contribution >= 0.6 is 15.8 Å². The third-order valence-electron chi connectivity index (χ3n) is 8.64. The van der Waals surface area contributed by atoms with Crippen LogP contribution in [0.4, 0.5) is 0 Å². The molecule has 4 nitrogen and oxygen atoms in total. The number of amides is 1. The molecule has 6 heteroatoms. The minimum Gasteiger partial charge on any atom is -0.335 e. The van der Waals surface area contributed by atoms with E-state index in [0.29, 0.717) is 23.2 Å². The second-order valence-electron chi connectivity index (χ2n) is 11.7. The molecule has 2 atom stereocenters. The normalized spacial score (nSPS) is 16.1. The maximum atomic E-state index is 14.6. The first-order chi connectivity index (χ1) is 22.4. The largest absolute Gasteiger partial charge is 0.335 e. The lowest BCUT2D eigenvalue weighted by atomic mass is 9.98. The molecule has 0 radical (unpaired) electrons. The van der Waals surface area contributed by atoms with Crippen molar-refractivity contribution in [3.05, 3.63) is 156 Å². The molecule has 1 aliphatic heterocycles. The summed E-state index contributed by atoms with van der Waals surface area (Å²) in [6.07, 6.45) is 1.72. The molecule has 46 heavy (non-hydrogen) atoms. The molecule has 5 aromatic rings. The number of Topliss-reactive ketones (excluding diaryl/α,β-unsaturated/α-hetero) is 2. The highest BCUT2D eigenvalue weighted by Crippen LogP contribution is 2.48. The van der Waals surface area contributed by atoms with E-state index in [4.69, 9.17) is 0 Å². The van der Waals surface area contributed by atoms with Gasteiger partial charge in [0, 0.05) is 34.9 Å². The van der Waals surface area contributed by atoms with E-state index in [-0.39, 0.29) is 29.2 Å². The second kappa shape index (κ2) is 14.5. The predicted octanol–water partition coefficient (Wildman–Crippen LogP) is 6.94. The summed E-state index contributed by atoms with van der Waals surface area (Å²) < 4.78 is 0. The molecule has 6 rings (SSSR count). The SMILES string of the molecule is CC(=O)c1ccc(C(=O)N2CC(P(c3ccccc3)c3ccccc3)CC2CP(c2ccccc2)c2ccccc2)cc1C(C)=O. The number of carbonyl (C=O) groups excluding carboxylic acids is 3. The van der Waals surface area contributed by atoms with Crippen LogP contribution in [0.2, 0.25) is 0 Å². The average Bonchev–Trinajstić information content (AvgIpc) is 3.51. The van der Waals surface area contributed by atoms with Crippen LogP contribution in [0, 0.1) is 0 Å². The minimum atomic E-state index is -0.748. The van der Waals surface area contributed by atoms with Crippen LogP contribution in [0.15, 0.2) is 140 Å². The van der Waals surface area contributed by atoms with Crippen LogP contribution < -0.4 is 21.2 Å². The predicted molar refractivity (Wildman–Crippen MR) is 193 cm³/mol. The zero-order valence-corrected chi connectivity index (χ0v) is 27.9. The van der Waals surface area contributed by atoms with Crippen molar-refractivity contribution in [1.82, 2.24) is 4.90 Å². The van der Waals surface area contributed by atoms with E-state index in [1.807, 2.05) is 12.1 Å². The van der Waals surface area contributed by atoms with Gasteiger partial charge in [-0.2, -0.15) is 0 Å². The van der Waals surface area contributed by atoms with Crippen molar-refractivity contribution >= 4 is 54.5 Å². The zero-order chi connectivity index (χ0) is 32.0. The van der Waals surface area contributed by atoms with Gasteiger partial charge in [-0.05, 0) is 81.7 Å². The lowest BCUT2D eigenvalue weighted by Crippen LogP contribution is -2.39. The van der Waals surface area contributed by atoms with Crippen LogP contribution in [-0.4, -0.2) is 46.8 Å². The summed E-state index contributed by atoms with van der Waals surface area (Å²) in [6.45, 7) is 3.52. The Hall–Kier alpha value is -4.23. The fourth-order valence-electron chi connectivity index (χ4n) is 6.48. The fourth-order valence-corrected chi connectivity index (χ4v) is 11.9. The highest BCUT2D eigenvalue weighted by atomic mass is 31.1. The zero-order valence-electron chi connectivity index (χ0n) is 26.1. The summed E-state index contributed by atoms with van der Waals surface area (Å²) in [5.41, 5.74) is 1.36. The number of carbonyl (C=O) groups is 3. The van der Waals surface area contributed by atoms with Crippen LogP contribution in [0.3, 0.4) is 0 Å². The van der Waals surface area contributed by atoms with Crippen molar-refractivity contribution in [2.45, 2.75) is 32.0 Å². The van der Waals surface area contributed by atoms with Crippen LogP contribution in [0.1, 0.15) is 51.3 Å². The summed E-state index contributed by atoms with van der Waals surface area (Å²) >= 11 is 0.